The Hall–Kier alpha value is -3.53. The molecular weight excluding hydrogens is 320 g/mol. The van der Waals surface area contributed by atoms with Crippen LogP contribution in [0.1, 0.15) is 11.1 Å². The predicted molar refractivity (Wildman–Crippen MR) is 92.6 cm³/mol. The van der Waals surface area contributed by atoms with Gasteiger partial charge in [-0.15, -0.1) is 0 Å². The molecule has 3 N–H and O–H groups in total. The van der Waals surface area contributed by atoms with Gasteiger partial charge in [-0.25, -0.2) is 0 Å². The summed E-state index contributed by atoms with van der Waals surface area (Å²) in [5, 5.41) is 11.6. The summed E-state index contributed by atoms with van der Waals surface area (Å²) >= 11 is 0. The average Bonchev–Trinajstić information content (AvgIpc) is 2.65. The zero-order valence-corrected chi connectivity index (χ0v) is 13.7. The van der Waals surface area contributed by atoms with Gasteiger partial charge in [0.1, 0.15) is 5.75 Å². The number of nitrogens with zero attached hydrogens (tertiary/aromatic N) is 1. The Morgan fingerprint density at radius 2 is 1.72 bits per heavy atom. The molecule has 2 aromatic carbocycles. The van der Waals surface area contributed by atoms with Crippen LogP contribution in [-0.2, 0) is 16.0 Å². The largest absolute Gasteiger partial charge is 0.496 e. The molecular formula is C18H18N4O3. The minimum Gasteiger partial charge on any atom is -0.496 e. The average molecular weight is 338 g/mol. The lowest BCUT2D eigenvalue weighted by Gasteiger charge is -2.10. The van der Waals surface area contributed by atoms with Gasteiger partial charge in [-0.3, -0.25) is 20.4 Å². The first-order valence-electron chi connectivity index (χ1n) is 7.56. The monoisotopic (exact) mass is 338 g/mol. The molecule has 0 bridgehead atoms. The Morgan fingerprint density at radius 3 is 2.40 bits per heavy atom. The van der Waals surface area contributed by atoms with Crippen molar-refractivity contribution in [3.8, 4) is 11.8 Å². The van der Waals surface area contributed by atoms with E-state index in [0.29, 0.717) is 17.0 Å². The molecule has 0 heterocycles. The number of ether oxygens (including phenoxy) is 1. The Bertz CT molecular complexity index is 782. The zero-order chi connectivity index (χ0) is 18.1. The minimum absolute atomic E-state index is 0.0131. The van der Waals surface area contributed by atoms with Crippen molar-refractivity contribution in [2.24, 2.45) is 0 Å². The number of hydrazine groups is 1. The van der Waals surface area contributed by atoms with Crippen LogP contribution < -0.4 is 20.9 Å². The quantitative estimate of drug-likeness (QED) is 0.690. The lowest BCUT2D eigenvalue weighted by Crippen LogP contribution is -2.44. The fourth-order valence-electron chi connectivity index (χ4n) is 2.09. The van der Waals surface area contributed by atoms with E-state index in [0.717, 1.165) is 5.56 Å². The summed E-state index contributed by atoms with van der Waals surface area (Å²) in [6.45, 7) is -0.0131. The number of carbonyl (C=O) groups excluding carboxylic acids is 2. The molecule has 0 aliphatic carbocycles. The number of amides is 2. The van der Waals surface area contributed by atoms with Gasteiger partial charge in [0, 0.05) is 11.3 Å². The van der Waals surface area contributed by atoms with E-state index < -0.39 is 5.91 Å². The number of benzene rings is 2. The molecule has 2 aromatic rings. The first-order valence-corrected chi connectivity index (χ1v) is 7.56. The van der Waals surface area contributed by atoms with E-state index in [1.165, 1.54) is 7.11 Å². The lowest BCUT2D eigenvalue weighted by atomic mass is 10.1. The number of hydrogen-bond acceptors (Lipinski definition) is 5. The summed E-state index contributed by atoms with van der Waals surface area (Å²) in [7, 11) is 1.54. The van der Waals surface area contributed by atoms with E-state index in [2.05, 4.69) is 16.2 Å². The molecule has 0 fully saturated rings. The molecule has 0 aliphatic heterocycles. The van der Waals surface area contributed by atoms with E-state index in [4.69, 9.17) is 10.00 Å². The maximum Gasteiger partial charge on any atom is 0.257 e. The van der Waals surface area contributed by atoms with Crippen molar-refractivity contribution in [1.82, 2.24) is 10.9 Å². The molecule has 0 spiro atoms. The standard InChI is InChI=1S/C18H18N4O3/c1-25-16-5-3-2-4-14(16)10-17(23)21-22-18(24)12-20-15-8-6-13(11-19)7-9-15/h2-9,20H,10,12H2,1H3,(H,21,23)(H,22,24). The number of carbonyl (C=O) groups is 2. The van der Waals surface area contributed by atoms with Gasteiger partial charge < -0.3 is 10.1 Å². The van der Waals surface area contributed by atoms with Crippen molar-refractivity contribution in [2.75, 3.05) is 19.0 Å². The highest BCUT2D eigenvalue weighted by molar-refractivity contribution is 5.85. The minimum atomic E-state index is -0.391. The molecule has 0 aliphatic rings. The fourth-order valence-corrected chi connectivity index (χ4v) is 2.09. The van der Waals surface area contributed by atoms with Gasteiger partial charge >= 0.3 is 0 Å². The van der Waals surface area contributed by atoms with Crippen LogP contribution in [0.25, 0.3) is 0 Å². The predicted octanol–water partition coefficient (Wildman–Crippen LogP) is 1.37. The van der Waals surface area contributed by atoms with Crippen LogP contribution in [0.15, 0.2) is 48.5 Å². The van der Waals surface area contributed by atoms with Crippen LogP contribution in [0, 0.1) is 11.3 Å². The van der Waals surface area contributed by atoms with Crippen molar-refractivity contribution in [3.05, 3.63) is 59.7 Å². The summed E-state index contributed by atoms with van der Waals surface area (Å²) in [4.78, 5) is 23.7. The third kappa shape index (κ3) is 5.55. The van der Waals surface area contributed by atoms with Crippen LogP contribution in [0.2, 0.25) is 0 Å². The summed E-state index contributed by atoms with van der Waals surface area (Å²) in [5.41, 5.74) is 6.67. The molecule has 2 amide bonds. The maximum atomic E-state index is 11.9. The Kier molecular flexibility index (Phi) is 6.37. The highest BCUT2D eigenvalue weighted by Gasteiger charge is 2.09. The van der Waals surface area contributed by atoms with Gasteiger partial charge in [0.15, 0.2) is 0 Å². The van der Waals surface area contributed by atoms with Gasteiger partial charge in [0.2, 0.25) is 5.91 Å². The smallest absolute Gasteiger partial charge is 0.257 e. The number of methoxy groups -OCH3 is 1. The van der Waals surface area contributed by atoms with Crippen LogP contribution in [0.5, 0.6) is 5.75 Å². The van der Waals surface area contributed by atoms with E-state index in [-0.39, 0.29) is 18.9 Å². The second-order valence-corrected chi connectivity index (χ2v) is 5.13. The Balaban J connectivity index is 1.75. The molecule has 7 heteroatoms. The normalized spacial score (nSPS) is 9.60. The van der Waals surface area contributed by atoms with Crippen molar-refractivity contribution in [3.63, 3.8) is 0 Å². The number of nitrogens with one attached hydrogen (secondary N) is 3. The first-order chi connectivity index (χ1) is 12.1. The van der Waals surface area contributed by atoms with E-state index in [1.54, 1.807) is 36.4 Å². The molecule has 0 saturated carbocycles. The molecule has 0 atom stereocenters. The summed E-state index contributed by atoms with van der Waals surface area (Å²) in [5.74, 6) is -0.125. The first kappa shape index (κ1) is 17.8. The summed E-state index contributed by atoms with van der Waals surface area (Å²) < 4.78 is 5.18. The van der Waals surface area contributed by atoms with Gasteiger partial charge in [-0.2, -0.15) is 5.26 Å². The third-order valence-corrected chi connectivity index (χ3v) is 3.35. The highest BCUT2D eigenvalue weighted by Crippen LogP contribution is 2.17. The number of nitriles is 1. The molecule has 0 unspecified atom stereocenters. The molecule has 25 heavy (non-hydrogen) atoms. The van der Waals surface area contributed by atoms with Gasteiger partial charge in [-0.1, -0.05) is 18.2 Å². The van der Waals surface area contributed by atoms with Crippen LogP contribution >= 0.6 is 0 Å². The summed E-state index contributed by atoms with van der Waals surface area (Å²) in [6.07, 6.45) is 0.0906. The lowest BCUT2D eigenvalue weighted by molar-refractivity contribution is -0.127. The SMILES string of the molecule is COc1ccccc1CC(=O)NNC(=O)CNc1ccc(C#N)cc1. The molecule has 128 valence electrons. The Morgan fingerprint density at radius 1 is 1.04 bits per heavy atom. The third-order valence-electron chi connectivity index (χ3n) is 3.35. The van der Waals surface area contributed by atoms with E-state index >= 15 is 0 Å². The van der Waals surface area contributed by atoms with Crippen LogP contribution in [0.3, 0.4) is 0 Å². The number of hydrogen-bond donors (Lipinski definition) is 3. The molecule has 0 aromatic heterocycles. The van der Waals surface area contributed by atoms with Crippen molar-refractivity contribution in [2.45, 2.75) is 6.42 Å². The second-order valence-electron chi connectivity index (χ2n) is 5.13. The Labute approximate surface area is 145 Å². The maximum absolute atomic E-state index is 11.9. The molecule has 2 rings (SSSR count). The summed E-state index contributed by atoms with van der Waals surface area (Å²) in [6, 6.07) is 15.9. The topological polar surface area (TPSA) is 103 Å². The number of rotatable bonds is 6. The number of para-hydroxylation sites is 1. The van der Waals surface area contributed by atoms with E-state index in [1.807, 2.05) is 18.2 Å². The van der Waals surface area contributed by atoms with Gasteiger partial charge in [-0.05, 0) is 30.3 Å². The van der Waals surface area contributed by atoms with Gasteiger partial charge in [0.05, 0.1) is 31.7 Å². The molecule has 0 saturated heterocycles. The second kappa shape index (κ2) is 8.93. The van der Waals surface area contributed by atoms with Crippen molar-refractivity contribution >= 4 is 17.5 Å². The molecule has 7 nitrogen and oxygen atoms in total. The highest BCUT2D eigenvalue weighted by atomic mass is 16.5. The van der Waals surface area contributed by atoms with Gasteiger partial charge in [0.25, 0.3) is 5.91 Å². The fraction of sp³-hybridized carbons (Fsp3) is 0.167. The zero-order valence-electron chi connectivity index (χ0n) is 13.7. The molecule has 0 radical (unpaired) electrons. The van der Waals surface area contributed by atoms with E-state index in [9.17, 15) is 9.59 Å². The van der Waals surface area contributed by atoms with Crippen LogP contribution in [0.4, 0.5) is 5.69 Å². The van der Waals surface area contributed by atoms with Crippen molar-refractivity contribution in [1.29, 1.82) is 5.26 Å². The van der Waals surface area contributed by atoms with Crippen LogP contribution in [-0.4, -0.2) is 25.5 Å². The van der Waals surface area contributed by atoms with Crippen molar-refractivity contribution < 1.29 is 14.3 Å². The number of anilines is 1.